The molecule has 0 aliphatic rings. The predicted octanol–water partition coefficient (Wildman–Crippen LogP) is 6.81. The zero-order valence-corrected chi connectivity index (χ0v) is 15.2. The summed E-state index contributed by atoms with van der Waals surface area (Å²) in [5.41, 5.74) is 7.88. The van der Waals surface area contributed by atoms with Gasteiger partial charge in [-0.15, -0.1) is 6.58 Å². The SMILES string of the molecule is C=CCc1c(-c2ccccc2)cc(-c2ccccc2)nc1-c1ccccc1. The number of aromatic nitrogens is 1. The van der Waals surface area contributed by atoms with E-state index in [1.54, 1.807) is 0 Å². The van der Waals surface area contributed by atoms with Gasteiger partial charge in [-0.3, -0.25) is 0 Å². The number of pyridine rings is 1. The van der Waals surface area contributed by atoms with Gasteiger partial charge in [0.15, 0.2) is 0 Å². The summed E-state index contributed by atoms with van der Waals surface area (Å²) in [6.07, 6.45) is 2.73. The Morgan fingerprint density at radius 2 is 1.19 bits per heavy atom. The van der Waals surface area contributed by atoms with Crippen LogP contribution >= 0.6 is 0 Å². The van der Waals surface area contributed by atoms with E-state index in [1.165, 1.54) is 16.7 Å². The highest BCUT2D eigenvalue weighted by atomic mass is 14.7. The van der Waals surface area contributed by atoms with Gasteiger partial charge in [-0.25, -0.2) is 4.98 Å². The summed E-state index contributed by atoms with van der Waals surface area (Å²) in [5, 5.41) is 0. The lowest BCUT2D eigenvalue weighted by molar-refractivity contribution is 1.20. The van der Waals surface area contributed by atoms with Crippen molar-refractivity contribution < 1.29 is 0 Å². The van der Waals surface area contributed by atoms with Crippen molar-refractivity contribution in [2.75, 3.05) is 0 Å². The van der Waals surface area contributed by atoms with Crippen molar-refractivity contribution in [2.45, 2.75) is 6.42 Å². The molecule has 1 heteroatoms. The van der Waals surface area contributed by atoms with Crippen molar-refractivity contribution in [2.24, 2.45) is 0 Å². The molecule has 0 amide bonds. The van der Waals surface area contributed by atoms with Crippen LogP contribution in [0.15, 0.2) is 110 Å². The van der Waals surface area contributed by atoms with Gasteiger partial charge < -0.3 is 0 Å². The van der Waals surface area contributed by atoms with Crippen molar-refractivity contribution in [1.29, 1.82) is 0 Å². The summed E-state index contributed by atoms with van der Waals surface area (Å²) in [4.78, 5) is 5.07. The highest BCUT2D eigenvalue weighted by molar-refractivity contribution is 5.81. The van der Waals surface area contributed by atoms with Crippen LogP contribution < -0.4 is 0 Å². The van der Waals surface area contributed by atoms with E-state index in [0.717, 1.165) is 28.9 Å². The first kappa shape index (κ1) is 17.0. The molecule has 0 spiro atoms. The lowest BCUT2D eigenvalue weighted by Crippen LogP contribution is -1.99. The summed E-state index contributed by atoms with van der Waals surface area (Å²) in [5.74, 6) is 0. The lowest BCUT2D eigenvalue weighted by atomic mass is 9.92. The van der Waals surface area contributed by atoms with Crippen LogP contribution in [-0.2, 0) is 6.42 Å². The van der Waals surface area contributed by atoms with Crippen molar-refractivity contribution in [1.82, 2.24) is 4.98 Å². The molecular weight excluding hydrogens is 326 g/mol. The monoisotopic (exact) mass is 347 g/mol. The molecule has 4 aromatic rings. The molecule has 1 aromatic heterocycles. The lowest BCUT2D eigenvalue weighted by Gasteiger charge is -2.16. The molecule has 0 saturated carbocycles. The summed E-state index contributed by atoms with van der Waals surface area (Å²) >= 11 is 0. The maximum Gasteiger partial charge on any atom is 0.0750 e. The summed E-state index contributed by atoms with van der Waals surface area (Å²) in [6, 6.07) is 33.5. The van der Waals surface area contributed by atoms with Gasteiger partial charge in [0, 0.05) is 11.1 Å². The van der Waals surface area contributed by atoms with Gasteiger partial charge in [0.25, 0.3) is 0 Å². The predicted molar refractivity (Wildman–Crippen MR) is 114 cm³/mol. The first-order valence-corrected chi connectivity index (χ1v) is 9.18. The van der Waals surface area contributed by atoms with E-state index in [4.69, 9.17) is 4.98 Å². The Labute approximate surface area is 160 Å². The Morgan fingerprint density at radius 1 is 0.667 bits per heavy atom. The van der Waals surface area contributed by atoms with Crippen LogP contribution in [0.2, 0.25) is 0 Å². The molecule has 0 N–H and O–H groups in total. The Bertz CT molecular complexity index is 975. The average Bonchev–Trinajstić information content (AvgIpc) is 2.76. The fraction of sp³-hybridized carbons (Fsp3) is 0.0385. The molecule has 0 bridgehead atoms. The van der Waals surface area contributed by atoms with Gasteiger partial charge in [-0.05, 0) is 29.2 Å². The van der Waals surface area contributed by atoms with E-state index in [9.17, 15) is 0 Å². The van der Waals surface area contributed by atoms with E-state index >= 15 is 0 Å². The average molecular weight is 347 g/mol. The second-order valence-corrected chi connectivity index (χ2v) is 6.47. The fourth-order valence-electron chi connectivity index (χ4n) is 3.39. The largest absolute Gasteiger partial charge is 0.247 e. The third-order valence-corrected chi connectivity index (χ3v) is 4.67. The van der Waals surface area contributed by atoms with Crippen LogP contribution in [-0.4, -0.2) is 4.98 Å². The van der Waals surface area contributed by atoms with Crippen molar-refractivity contribution in [3.05, 3.63) is 115 Å². The fourth-order valence-corrected chi connectivity index (χ4v) is 3.39. The molecule has 27 heavy (non-hydrogen) atoms. The molecule has 1 nitrogen and oxygen atoms in total. The minimum Gasteiger partial charge on any atom is -0.247 e. The normalized spacial score (nSPS) is 10.5. The molecule has 1 heterocycles. The molecule has 130 valence electrons. The van der Waals surface area contributed by atoms with Gasteiger partial charge in [0.1, 0.15) is 0 Å². The number of hydrogen-bond donors (Lipinski definition) is 0. The minimum atomic E-state index is 0.774. The van der Waals surface area contributed by atoms with Gasteiger partial charge in [-0.1, -0.05) is 97.1 Å². The number of benzene rings is 3. The Kier molecular flexibility index (Phi) is 4.93. The molecule has 3 aromatic carbocycles. The van der Waals surface area contributed by atoms with E-state index < -0.39 is 0 Å². The maximum atomic E-state index is 5.07. The van der Waals surface area contributed by atoms with Crippen molar-refractivity contribution >= 4 is 0 Å². The second-order valence-electron chi connectivity index (χ2n) is 6.47. The Morgan fingerprint density at radius 3 is 1.74 bits per heavy atom. The topological polar surface area (TPSA) is 12.9 Å². The third-order valence-electron chi connectivity index (χ3n) is 4.67. The maximum absolute atomic E-state index is 5.07. The molecule has 0 unspecified atom stereocenters. The van der Waals surface area contributed by atoms with Crippen molar-refractivity contribution in [3.8, 4) is 33.6 Å². The summed E-state index contributed by atoms with van der Waals surface area (Å²) in [7, 11) is 0. The summed E-state index contributed by atoms with van der Waals surface area (Å²) < 4.78 is 0. The molecule has 0 fully saturated rings. The van der Waals surface area contributed by atoms with Crippen LogP contribution in [0.25, 0.3) is 33.6 Å². The number of rotatable bonds is 5. The molecule has 0 radical (unpaired) electrons. The quantitative estimate of drug-likeness (QED) is 0.361. The van der Waals surface area contributed by atoms with Crippen molar-refractivity contribution in [3.63, 3.8) is 0 Å². The number of nitrogens with zero attached hydrogens (tertiary/aromatic N) is 1. The van der Waals surface area contributed by atoms with Gasteiger partial charge in [-0.2, -0.15) is 0 Å². The molecular formula is C26H21N. The molecule has 0 aliphatic heterocycles. The zero-order valence-electron chi connectivity index (χ0n) is 15.2. The third kappa shape index (κ3) is 3.58. The van der Waals surface area contributed by atoms with Crippen LogP contribution in [0, 0.1) is 0 Å². The van der Waals surface area contributed by atoms with E-state index in [0.29, 0.717) is 0 Å². The first-order valence-electron chi connectivity index (χ1n) is 9.18. The molecule has 0 aliphatic carbocycles. The number of allylic oxidation sites excluding steroid dienone is 1. The second kappa shape index (κ2) is 7.84. The van der Waals surface area contributed by atoms with Crippen LogP contribution in [0.4, 0.5) is 0 Å². The van der Waals surface area contributed by atoms with Gasteiger partial charge >= 0.3 is 0 Å². The van der Waals surface area contributed by atoms with Gasteiger partial charge in [0.05, 0.1) is 11.4 Å². The summed E-state index contributed by atoms with van der Waals surface area (Å²) in [6.45, 7) is 3.98. The smallest absolute Gasteiger partial charge is 0.0750 e. The minimum absolute atomic E-state index is 0.774. The van der Waals surface area contributed by atoms with E-state index in [2.05, 4.69) is 85.4 Å². The molecule has 0 saturated heterocycles. The highest BCUT2D eigenvalue weighted by Gasteiger charge is 2.15. The zero-order chi connectivity index (χ0) is 18.5. The Hall–Kier alpha value is -3.45. The van der Waals surface area contributed by atoms with Crippen LogP contribution in [0.3, 0.4) is 0 Å². The number of hydrogen-bond acceptors (Lipinski definition) is 1. The first-order chi connectivity index (χ1) is 13.4. The molecule has 0 atom stereocenters. The van der Waals surface area contributed by atoms with Crippen LogP contribution in [0.5, 0.6) is 0 Å². The van der Waals surface area contributed by atoms with Gasteiger partial charge in [0.2, 0.25) is 0 Å². The highest BCUT2D eigenvalue weighted by Crippen LogP contribution is 2.35. The van der Waals surface area contributed by atoms with E-state index in [-0.39, 0.29) is 0 Å². The van der Waals surface area contributed by atoms with E-state index in [1.807, 2.05) is 24.3 Å². The molecule has 4 rings (SSSR count). The Balaban J connectivity index is 2.03. The standard InChI is InChI=1S/C26H21N/c1-2-12-23-24(20-13-6-3-7-14-20)19-25(21-15-8-4-9-16-21)27-26(23)22-17-10-5-11-18-22/h2-11,13-19H,1,12H2. The van der Waals surface area contributed by atoms with Crippen LogP contribution in [0.1, 0.15) is 5.56 Å².